The van der Waals surface area contributed by atoms with E-state index in [9.17, 15) is 111 Å². The highest BCUT2D eigenvalue weighted by atomic mass is 16.8. The van der Waals surface area contributed by atoms with Gasteiger partial charge in [0.2, 0.25) is 17.7 Å². The summed E-state index contributed by atoms with van der Waals surface area (Å²) in [5, 5.41) is 196. The standard InChI is InChI=1S/C39H67N3O30/c1-11(49)40-13(4-43)31(24(56)16(53)10-65-39(38(63)64)3-14(51)21(42-20(54)9-48)33(72-39)23(55)15(52)5-44)69-37-30(62)34(26(58)18(7-46)67-37)71-35-22(41-12(2)50)27(59)32(19(8-47)68-35)70-36-29(61)28(60)25(57)17(6-45)66-36/h13-19,21-37,43-48,51-53,55-62H,3-10H2,1-2H3,(H,40,49)(H,41,50)(H,42,54)(H,63,64)/t13-,14-,15+,16+,17+,18+,19+,21+,22+,23+,24-,25-,26-,27+,28-,29+,30+,31+,32+,33+,34-,35-,36-,37-,39+/m0/s1. The molecule has 0 saturated carbocycles. The molecule has 4 saturated heterocycles. The molecule has 0 aromatic rings. The van der Waals surface area contributed by atoms with Crippen LogP contribution in [0, 0.1) is 0 Å². The Hall–Kier alpha value is -3.12. The second-order valence-corrected chi connectivity index (χ2v) is 17.4. The van der Waals surface area contributed by atoms with Crippen molar-refractivity contribution in [1.82, 2.24) is 16.0 Å². The smallest absolute Gasteiger partial charge is 0.364 e. The average molecular weight is 1060 g/mol. The molecule has 33 nitrogen and oxygen atoms in total. The van der Waals surface area contributed by atoms with Crippen LogP contribution < -0.4 is 16.0 Å². The lowest BCUT2D eigenvalue weighted by atomic mass is 9.88. The van der Waals surface area contributed by atoms with Crippen molar-refractivity contribution in [1.29, 1.82) is 0 Å². The Morgan fingerprint density at radius 3 is 1.76 bits per heavy atom. The molecule has 0 aromatic heterocycles. The van der Waals surface area contributed by atoms with Crippen molar-refractivity contribution in [3.05, 3.63) is 0 Å². The van der Waals surface area contributed by atoms with Crippen LogP contribution in [0.3, 0.4) is 0 Å². The summed E-state index contributed by atoms with van der Waals surface area (Å²) >= 11 is 0. The fraction of sp³-hybridized carbons (Fsp3) is 0.897. The number of carbonyl (C=O) groups excluding carboxylic acids is 3. The van der Waals surface area contributed by atoms with Gasteiger partial charge >= 0.3 is 5.97 Å². The number of rotatable bonds is 24. The second kappa shape index (κ2) is 27.1. The topological polar surface area (TPSA) is 542 Å². The lowest BCUT2D eigenvalue weighted by Gasteiger charge is -2.49. The first-order valence-electron chi connectivity index (χ1n) is 22.3. The summed E-state index contributed by atoms with van der Waals surface area (Å²) in [5.41, 5.74) is 0. The highest BCUT2D eigenvalue weighted by Crippen LogP contribution is 2.36. The quantitative estimate of drug-likeness (QED) is 0.0427. The van der Waals surface area contributed by atoms with Crippen LogP contribution in [0.5, 0.6) is 0 Å². The number of nitrogens with one attached hydrogen (secondary N) is 3. The van der Waals surface area contributed by atoms with Crippen LogP contribution >= 0.6 is 0 Å². The van der Waals surface area contributed by atoms with Crippen molar-refractivity contribution < 1.29 is 149 Å². The van der Waals surface area contributed by atoms with Crippen molar-refractivity contribution >= 4 is 23.7 Å². The number of ether oxygens (including phenoxy) is 8. The third-order valence-electron chi connectivity index (χ3n) is 12.3. The zero-order valence-corrected chi connectivity index (χ0v) is 38.5. The lowest BCUT2D eigenvalue weighted by molar-refractivity contribution is -0.372. The zero-order chi connectivity index (χ0) is 54.1. The van der Waals surface area contributed by atoms with Gasteiger partial charge in [-0.15, -0.1) is 0 Å². The van der Waals surface area contributed by atoms with E-state index in [2.05, 4.69) is 16.0 Å². The molecule has 72 heavy (non-hydrogen) atoms. The minimum absolute atomic E-state index is 0.866. The number of carbonyl (C=O) groups is 4. The highest BCUT2D eigenvalue weighted by molar-refractivity contribution is 5.78. The van der Waals surface area contributed by atoms with Gasteiger partial charge in [-0.3, -0.25) is 14.4 Å². The van der Waals surface area contributed by atoms with Crippen LogP contribution in [0.25, 0.3) is 0 Å². The molecule has 21 N–H and O–H groups in total. The van der Waals surface area contributed by atoms with E-state index in [1.807, 2.05) is 0 Å². The number of aliphatic hydroxyl groups excluding tert-OH is 17. The van der Waals surface area contributed by atoms with E-state index in [4.69, 9.17) is 37.9 Å². The first kappa shape index (κ1) is 61.4. The van der Waals surface area contributed by atoms with Gasteiger partial charge in [0, 0.05) is 20.3 Å². The molecule has 25 atom stereocenters. The molecule has 4 heterocycles. The number of amides is 3. The van der Waals surface area contributed by atoms with Crippen LogP contribution in [-0.4, -0.2) is 315 Å². The van der Waals surface area contributed by atoms with E-state index in [1.165, 1.54) is 0 Å². The van der Waals surface area contributed by atoms with Gasteiger partial charge in [-0.1, -0.05) is 0 Å². The molecule has 4 aliphatic heterocycles. The summed E-state index contributed by atoms with van der Waals surface area (Å²) in [6.45, 7) is -5.86. The molecular formula is C39H67N3O30. The van der Waals surface area contributed by atoms with Gasteiger partial charge in [-0.05, 0) is 0 Å². The predicted octanol–water partition coefficient (Wildman–Crippen LogP) is -13.7. The van der Waals surface area contributed by atoms with E-state index in [0.29, 0.717) is 0 Å². The van der Waals surface area contributed by atoms with E-state index in [0.717, 1.165) is 13.8 Å². The number of aliphatic carboxylic acids is 1. The maximum Gasteiger partial charge on any atom is 0.364 e. The molecule has 4 aliphatic rings. The first-order valence-corrected chi connectivity index (χ1v) is 22.3. The van der Waals surface area contributed by atoms with E-state index >= 15 is 0 Å². The van der Waals surface area contributed by atoms with Crippen LogP contribution in [0.4, 0.5) is 0 Å². The van der Waals surface area contributed by atoms with Crippen molar-refractivity contribution in [2.24, 2.45) is 0 Å². The molecule has 0 aliphatic carbocycles. The Morgan fingerprint density at radius 2 is 1.22 bits per heavy atom. The van der Waals surface area contributed by atoms with Crippen molar-refractivity contribution in [2.75, 3.05) is 46.2 Å². The molecule has 0 unspecified atom stereocenters. The average Bonchev–Trinajstić information content (AvgIpc) is 3.34. The largest absolute Gasteiger partial charge is 0.477 e. The SMILES string of the molecule is CC(=O)N[C@H]1[C@H](O[C@H]2[C@@H](O)[C@@H](CO)O[C@@H](O[C@@H]([C@@H](O)[C@H](O)CO[C@]3(C(=O)O)C[C@H](O)[C@@H](NC(=O)CO)[C@H]([C@H](O)[C@H](O)CO)O3)[C@H](CO)NC(C)=O)[C@@H]2O)O[C@H](CO)[C@@H](O[C@@H]2O[C@H](CO)[C@H](O)[C@H](O)[C@H]2O)[C@@H]1O. The highest BCUT2D eigenvalue weighted by Gasteiger charge is 2.58. The Bertz CT molecular complexity index is 1740. The number of aliphatic hydroxyl groups is 17. The molecule has 418 valence electrons. The number of carboxylic acid groups (broad SMARTS) is 1. The summed E-state index contributed by atoms with van der Waals surface area (Å²) in [4.78, 5) is 49.4. The minimum Gasteiger partial charge on any atom is -0.477 e. The maximum absolute atomic E-state index is 12.7. The third-order valence-corrected chi connectivity index (χ3v) is 12.3. The third kappa shape index (κ3) is 14.2. The van der Waals surface area contributed by atoms with Crippen molar-refractivity contribution in [2.45, 2.75) is 173 Å². The van der Waals surface area contributed by atoms with E-state index < -0.39 is 229 Å². The van der Waals surface area contributed by atoms with Crippen LogP contribution in [0.2, 0.25) is 0 Å². The van der Waals surface area contributed by atoms with Gasteiger partial charge in [-0.25, -0.2) is 4.79 Å². The van der Waals surface area contributed by atoms with Gasteiger partial charge in [0.05, 0.1) is 57.8 Å². The first-order chi connectivity index (χ1) is 33.8. The Morgan fingerprint density at radius 1 is 0.639 bits per heavy atom. The molecule has 33 heteroatoms. The van der Waals surface area contributed by atoms with Gasteiger partial charge in [-0.2, -0.15) is 0 Å². The number of hydrogen-bond donors (Lipinski definition) is 21. The van der Waals surface area contributed by atoms with Crippen LogP contribution in [0.1, 0.15) is 20.3 Å². The normalized spacial score (nSPS) is 39.9. The van der Waals surface area contributed by atoms with Gasteiger partial charge in [0.1, 0.15) is 116 Å². The molecule has 0 radical (unpaired) electrons. The number of hydrogen-bond acceptors (Lipinski definition) is 29. The Labute approximate surface area is 407 Å². The summed E-state index contributed by atoms with van der Waals surface area (Å²) in [5.74, 6) is -8.08. The minimum atomic E-state index is -3.10. The van der Waals surface area contributed by atoms with Gasteiger partial charge in [0.25, 0.3) is 5.79 Å². The molecule has 4 rings (SSSR count). The summed E-state index contributed by atoms with van der Waals surface area (Å²) in [6.07, 6.45) is -43.9. The van der Waals surface area contributed by atoms with E-state index in [-0.39, 0.29) is 0 Å². The zero-order valence-electron chi connectivity index (χ0n) is 38.5. The molecule has 4 fully saturated rings. The predicted molar refractivity (Wildman–Crippen MR) is 222 cm³/mol. The molecule has 0 spiro atoms. The fourth-order valence-electron chi connectivity index (χ4n) is 8.43. The Kier molecular flexibility index (Phi) is 23.1. The molecular weight excluding hydrogens is 990 g/mol. The maximum atomic E-state index is 12.7. The summed E-state index contributed by atoms with van der Waals surface area (Å²) < 4.78 is 44.9. The molecule has 3 amide bonds. The second-order valence-electron chi connectivity index (χ2n) is 17.4. The van der Waals surface area contributed by atoms with Crippen LogP contribution in [0.15, 0.2) is 0 Å². The lowest BCUT2D eigenvalue weighted by Crippen LogP contribution is -2.69. The van der Waals surface area contributed by atoms with Gasteiger partial charge in [0.15, 0.2) is 18.9 Å². The van der Waals surface area contributed by atoms with Crippen molar-refractivity contribution in [3.8, 4) is 0 Å². The van der Waals surface area contributed by atoms with E-state index in [1.54, 1.807) is 0 Å². The van der Waals surface area contributed by atoms with Crippen molar-refractivity contribution in [3.63, 3.8) is 0 Å². The summed E-state index contributed by atoms with van der Waals surface area (Å²) in [7, 11) is 0. The fourth-order valence-corrected chi connectivity index (χ4v) is 8.43. The summed E-state index contributed by atoms with van der Waals surface area (Å²) in [6, 6.07) is -5.34. The van der Waals surface area contributed by atoms with Gasteiger partial charge < -0.3 is 146 Å². The molecule has 0 aromatic carbocycles. The Balaban J connectivity index is 1.62. The van der Waals surface area contributed by atoms with Crippen LogP contribution in [-0.2, 0) is 57.1 Å². The monoisotopic (exact) mass is 1060 g/mol. The number of carboxylic acids is 1. The molecule has 0 bridgehead atoms.